The number of nitrogens with one attached hydrogen (secondary N) is 3. The van der Waals surface area contributed by atoms with E-state index in [1.165, 1.54) is 12.1 Å². The fourth-order valence-electron chi connectivity index (χ4n) is 3.55. The number of fused-ring (bicyclic) bond motifs is 1. The van der Waals surface area contributed by atoms with Crippen molar-refractivity contribution in [3.05, 3.63) is 86.8 Å². The standard InChI is InChI=1S/C23H20Cl2N4O3/c1-13-20-18(27-26-15-6-3-2-4-7-15)8-5-9-19(20)32-21(13)23(31)29-28-22(30)16-11-10-14(24)12-17(16)25/h2-4,6-7,10-12,26H,5,8-9H2,1H3,(H,28,30)(H,29,31)/b27-18+. The first-order valence-electron chi connectivity index (χ1n) is 10.00. The fraction of sp³-hybridized carbons (Fsp3) is 0.174. The summed E-state index contributed by atoms with van der Waals surface area (Å²) in [5.41, 5.74) is 11.2. The topological polar surface area (TPSA) is 95.7 Å². The molecule has 1 aliphatic carbocycles. The summed E-state index contributed by atoms with van der Waals surface area (Å²) in [6.45, 7) is 1.80. The van der Waals surface area contributed by atoms with E-state index in [1.54, 1.807) is 13.0 Å². The number of hydrazone groups is 1. The number of para-hydroxylation sites is 1. The van der Waals surface area contributed by atoms with Crippen LogP contribution < -0.4 is 16.3 Å². The van der Waals surface area contributed by atoms with Gasteiger partial charge in [-0.2, -0.15) is 5.10 Å². The van der Waals surface area contributed by atoms with Crippen LogP contribution in [0.3, 0.4) is 0 Å². The molecular weight excluding hydrogens is 451 g/mol. The van der Waals surface area contributed by atoms with Gasteiger partial charge >= 0.3 is 5.91 Å². The van der Waals surface area contributed by atoms with Crippen molar-refractivity contribution in [2.75, 3.05) is 5.43 Å². The lowest BCUT2D eigenvalue weighted by Gasteiger charge is -2.13. The molecule has 32 heavy (non-hydrogen) atoms. The Morgan fingerprint density at radius 1 is 1.00 bits per heavy atom. The zero-order valence-corrected chi connectivity index (χ0v) is 18.7. The minimum atomic E-state index is -0.566. The smallest absolute Gasteiger partial charge is 0.305 e. The molecule has 1 heterocycles. The molecule has 0 aliphatic heterocycles. The van der Waals surface area contributed by atoms with Gasteiger partial charge in [0.1, 0.15) is 5.76 Å². The van der Waals surface area contributed by atoms with E-state index in [-0.39, 0.29) is 16.3 Å². The first-order valence-corrected chi connectivity index (χ1v) is 10.8. The lowest BCUT2D eigenvalue weighted by atomic mass is 9.93. The SMILES string of the molecule is Cc1c(C(=O)NNC(=O)c2ccc(Cl)cc2Cl)oc2c1/C(=N/Nc1ccccc1)CCC2. The Morgan fingerprint density at radius 3 is 2.50 bits per heavy atom. The molecule has 0 radical (unpaired) electrons. The summed E-state index contributed by atoms with van der Waals surface area (Å²) < 4.78 is 5.84. The zero-order chi connectivity index (χ0) is 22.7. The van der Waals surface area contributed by atoms with Crippen molar-refractivity contribution in [2.45, 2.75) is 26.2 Å². The number of furan rings is 1. The minimum Gasteiger partial charge on any atom is -0.455 e. The molecule has 0 atom stereocenters. The number of amides is 2. The number of anilines is 1. The zero-order valence-electron chi connectivity index (χ0n) is 17.2. The third-order valence-electron chi connectivity index (χ3n) is 5.09. The van der Waals surface area contributed by atoms with Crippen LogP contribution in [0.25, 0.3) is 0 Å². The molecule has 3 N–H and O–H groups in total. The average molecular weight is 471 g/mol. The van der Waals surface area contributed by atoms with E-state index < -0.39 is 11.8 Å². The molecule has 7 nitrogen and oxygen atoms in total. The Balaban J connectivity index is 1.49. The van der Waals surface area contributed by atoms with Gasteiger partial charge in [-0.25, -0.2) is 0 Å². The number of nitrogens with zero attached hydrogens (tertiary/aromatic N) is 1. The fourth-order valence-corrected chi connectivity index (χ4v) is 4.05. The molecule has 0 saturated carbocycles. The predicted octanol–water partition coefficient (Wildman–Crippen LogP) is 5.12. The summed E-state index contributed by atoms with van der Waals surface area (Å²) in [6.07, 6.45) is 2.34. The number of benzene rings is 2. The molecule has 0 fully saturated rings. The molecule has 3 aromatic rings. The van der Waals surface area contributed by atoms with Gasteiger partial charge < -0.3 is 4.42 Å². The first kappa shape index (κ1) is 21.9. The first-order chi connectivity index (χ1) is 15.4. The summed E-state index contributed by atoms with van der Waals surface area (Å²) in [5.74, 6) is -0.291. The summed E-state index contributed by atoms with van der Waals surface area (Å²) in [6, 6.07) is 14.1. The number of hydrogen-bond acceptors (Lipinski definition) is 5. The van der Waals surface area contributed by atoms with E-state index in [2.05, 4.69) is 21.4 Å². The van der Waals surface area contributed by atoms with Gasteiger partial charge in [-0.05, 0) is 50.1 Å². The van der Waals surface area contributed by atoms with Gasteiger partial charge in [-0.1, -0.05) is 41.4 Å². The number of halogens is 2. The van der Waals surface area contributed by atoms with Crippen molar-refractivity contribution in [3.8, 4) is 0 Å². The summed E-state index contributed by atoms with van der Waals surface area (Å²) in [7, 11) is 0. The molecular formula is C23H20Cl2N4O3. The molecule has 1 aromatic heterocycles. The van der Waals surface area contributed by atoms with Crippen LogP contribution in [0.2, 0.25) is 10.0 Å². The van der Waals surface area contributed by atoms with Gasteiger partial charge in [0.15, 0.2) is 5.76 Å². The maximum atomic E-state index is 12.7. The van der Waals surface area contributed by atoms with Crippen molar-refractivity contribution < 1.29 is 14.0 Å². The normalized spacial score (nSPS) is 14.0. The number of aryl methyl sites for hydroxylation is 1. The van der Waals surface area contributed by atoms with Gasteiger partial charge in [0.2, 0.25) is 0 Å². The number of rotatable bonds is 4. The molecule has 0 spiro atoms. The van der Waals surface area contributed by atoms with Crippen molar-refractivity contribution in [2.24, 2.45) is 5.10 Å². The van der Waals surface area contributed by atoms with E-state index in [1.807, 2.05) is 30.3 Å². The van der Waals surface area contributed by atoms with E-state index in [0.717, 1.165) is 29.8 Å². The monoisotopic (exact) mass is 470 g/mol. The highest BCUT2D eigenvalue weighted by Crippen LogP contribution is 2.30. The molecule has 164 valence electrons. The summed E-state index contributed by atoms with van der Waals surface area (Å²) in [5, 5.41) is 5.13. The molecule has 2 aromatic carbocycles. The maximum Gasteiger partial charge on any atom is 0.305 e. The summed E-state index contributed by atoms with van der Waals surface area (Å²) >= 11 is 11.9. The predicted molar refractivity (Wildman–Crippen MR) is 124 cm³/mol. The largest absolute Gasteiger partial charge is 0.455 e. The second kappa shape index (κ2) is 9.46. The van der Waals surface area contributed by atoms with Crippen LogP contribution in [0, 0.1) is 6.92 Å². The van der Waals surface area contributed by atoms with Crippen LogP contribution in [0.1, 0.15) is 50.6 Å². The molecule has 0 bridgehead atoms. The molecule has 0 saturated heterocycles. The van der Waals surface area contributed by atoms with Crippen LogP contribution in [0.4, 0.5) is 5.69 Å². The maximum absolute atomic E-state index is 12.7. The van der Waals surface area contributed by atoms with E-state index >= 15 is 0 Å². The van der Waals surface area contributed by atoms with Crippen molar-refractivity contribution in [1.82, 2.24) is 10.9 Å². The van der Waals surface area contributed by atoms with Gasteiger partial charge in [-0.15, -0.1) is 0 Å². The third-order valence-corrected chi connectivity index (χ3v) is 5.64. The van der Waals surface area contributed by atoms with Crippen LogP contribution >= 0.6 is 23.2 Å². The molecule has 1 aliphatic rings. The number of carbonyl (C=O) groups is 2. The number of hydrazine groups is 1. The Bertz CT molecular complexity index is 1210. The van der Waals surface area contributed by atoms with E-state index in [4.69, 9.17) is 27.6 Å². The van der Waals surface area contributed by atoms with Gasteiger partial charge in [0.25, 0.3) is 5.91 Å². The number of carbonyl (C=O) groups excluding carboxylic acids is 2. The van der Waals surface area contributed by atoms with Crippen LogP contribution in [-0.4, -0.2) is 17.5 Å². The van der Waals surface area contributed by atoms with Crippen molar-refractivity contribution >= 4 is 46.4 Å². The van der Waals surface area contributed by atoms with E-state index in [0.29, 0.717) is 22.8 Å². The second-order valence-electron chi connectivity index (χ2n) is 7.28. The van der Waals surface area contributed by atoms with Crippen LogP contribution in [-0.2, 0) is 6.42 Å². The van der Waals surface area contributed by atoms with Crippen LogP contribution in [0.15, 0.2) is 58.0 Å². The average Bonchev–Trinajstić information content (AvgIpc) is 3.14. The van der Waals surface area contributed by atoms with Gasteiger partial charge in [0.05, 0.1) is 22.0 Å². The highest BCUT2D eigenvalue weighted by Gasteiger charge is 2.28. The Morgan fingerprint density at radius 2 is 1.75 bits per heavy atom. The quantitative estimate of drug-likeness (QED) is 0.460. The number of hydrogen-bond donors (Lipinski definition) is 3. The van der Waals surface area contributed by atoms with Gasteiger partial charge in [0, 0.05) is 22.6 Å². The molecule has 2 amide bonds. The Hall–Kier alpha value is -3.29. The van der Waals surface area contributed by atoms with Crippen molar-refractivity contribution in [1.29, 1.82) is 0 Å². The Labute approximate surface area is 194 Å². The van der Waals surface area contributed by atoms with E-state index in [9.17, 15) is 9.59 Å². The lowest BCUT2D eigenvalue weighted by molar-refractivity contribution is 0.0829. The summed E-state index contributed by atoms with van der Waals surface area (Å²) in [4.78, 5) is 25.1. The highest BCUT2D eigenvalue weighted by molar-refractivity contribution is 6.36. The molecule has 4 rings (SSSR count). The third kappa shape index (κ3) is 4.64. The second-order valence-corrected chi connectivity index (χ2v) is 8.12. The minimum absolute atomic E-state index is 0.131. The van der Waals surface area contributed by atoms with Gasteiger partial charge in [-0.3, -0.25) is 25.9 Å². The van der Waals surface area contributed by atoms with Crippen molar-refractivity contribution in [3.63, 3.8) is 0 Å². The molecule has 9 heteroatoms. The highest BCUT2D eigenvalue weighted by atomic mass is 35.5. The van der Waals surface area contributed by atoms with Crippen LogP contribution in [0.5, 0.6) is 0 Å². The Kier molecular flexibility index (Phi) is 6.48. The lowest BCUT2D eigenvalue weighted by Crippen LogP contribution is -2.41. The molecule has 0 unspecified atom stereocenters.